The number of carbonyl (C=O) groups is 1. The zero-order valence-electron chi connectivity index (χ0n) is 14.2. The number of ether oxygens (including phenoxy) is 2. The predicted octanol–water partition coefficient (Wildman–Crippen LogP) is 2.60. The van der Waals surface area contributed by atoms with E-state index in [0.717, 1.165) is 35.6 Å². The van der Waals surface area contributed by atoms with E-state index in [1.807, 2.05) is 24.3 Å². The second-order valence-corrected chi connectivity index (χ2v) is 6.55. The highest BCUT2D eigenvalue weighted by molar-refractivity contribution is 5.95. The summed E-state index contributed by atoms with van der Waals surface area (Å²) in [7, 11) is 1.68. The van der Waals surface area contributed by atoms with Gasteiger partial charge in [0, 0.05) is 25.8 Å². The molecule has 2 aliphatic heterocycles. The number of rotatable bonds is 4. The van der Waals surface area contributed by atoms with E-state index in [1.54, 1.807) is 7.11 Å². The lowest BCUT2D eigenvalue weighted by Gasteiger charge is -2.12. The van der Waals surface area contributed by atoms with Gasteiger partial charge in [0.25, 0.3) is 0 Å². The van der Waals surface area contributed by atoms with E-state index in [-0.39, 0.29) is 18.1 Å². The van der Waals surface area contributed by atoms with Crippen LogP contribution in [0.1, 0.15) is 12.0 Å². The van der Waals surface area contributed by atoms with Crippen molar-refractivity contribution < 1.29 is 14.3 Å². The van der Waals surface area contributed by atoms with Crippen molar-refractivity contribution in [3.8, 4) is 16.9 Å². The first kappa shape index (κ1) is 16.1. The first-order chi connectivity index (χ1) is 12.2. The van der Waals surface area contributed by atoms with Crippen LogP contribution >= 0.6 is 0 Å². The van der Waals surface area contributed by atoms with Crippen molar-refractivity contribution in [2.45, 2.75) is 25.0 Å². The van der Waals surface area contributed by atoms with Crippen LogP contribution in [0.15, 0.2) is 42.5 Å². The van der Waals surface area contributed by atoms with Gasteiger partial charge in [-0.15, -0.1) is 0 Å². The quantitative estimate of drug-likeness (QED) is 0.900. The van der Waals surface area contributed by atoms with E-state index < -0.39 is 0 Å². The maximum absolute atomic E-state index is 12.4. The molecule has 0 radical (unpaired) electrons. The molecule has 1 amide bonds. The Labute approximate surface area is 147 Å². The van der Waals surface area contributed by atoms with E-state index in [9.17, 15) is 4.79 Å². The third kappa shape index (κ3) is 3.38. The Morgan fingerprint density at radius 1 is 1.24 bits per heavy atom. The molecule has 5 nitrogen and oxygen atoms in total. The summed E-state index contributed by atoms with van der Waals surface area (Å²) in [4.78, 5) is 12.4. The number of benzene rings is 2. The Morgan fingerprint density at radius 2 is 2.12 bits per heavy atom. The minimum Gasteiger partial charge on any atom is -0.493 e. The van der Waals surface area contributed by atoms with Crippen LogP contribution in [0, 0.1) is 0 Å². The average molecular weight is 338 g/mol. The molecule has 0 aromatic heterocycles. The molecule has 2 aromatic rings. The molecule has 0 bridgehead atoms. The Morgan fingerprint density at radius 3 is 2.96 bits per heavy atom. The van der Waals surface area contributed by atoms with Crippen LogP contribution in [0.2, 0.25) is 0 Å². The van der Waals surface area contributed by atoms with E-state index in [1.165, 1.54) is 5.56 Å². The van der Waals surface area contributed by atoms with Crippen molar-refractivity contribution in [1.29, 1.82) is 0 Å². The van der Waals surface area contributed by atoms with Crippen LogP contribution in [0.5, 0.6) is 5.75 Å². The summed E-state index contributed by atoms with van der Waals surface area (Å²) in [5.41, 5.74) is 4.27. The molecule has 1 fully saturated rings. The molecule has 2 heterocycles. The summed E-state index contributed by atoms with van der Waals surface area (Å²) < 4.78 is 10.9. The number of hydrogen-bond acceptors (Lipinski definition) is 4. The third-order valence-corrected chi connectivity index (χ3v) is 4.89. The molecule has 0 spiro atoms. The molecular weight excluding hydrogens is 316 g/mol. The summed E-state index contributed by atoms with van der Waals surface area (Å²) in [6.45, 7) is 1.47. The van der Waals surface area contributed by atoms with E-state index in [2.05, 4.69) is 28.8 Å². The molecule has 2 N–H and O–H groups in total. The van der Waals surface area contributed by atoms with Crippen LogP contribution in [0.4, 0.5) is 5.69 Å². The minimum absolute atomic E-state index is 0.0148. The van der Waals surface area contributed by atoms with Gasteiger partial charge in [0.15, 0.2) is 0 Å². The van der Waals surface area contributed by atoms with Crippen molar-refractivity contribution in [3.63, 3.8) is 0 Å². The number of hydrogen-bond donors (Lipinski definition) is 2. The van der Waals surface area contributed by atoms with Gasteiger partial charge in [-0.05, 0) is 47.4 Å². The van der Waals surface area contributed by atoms with Crippen molar-refractivity contribution in [1.82, 2.24) is 5.32 Å². The van der Waals surface area contributed by atoms with E-state index in [0.29, 0.717) is 13.0 Å². The van der Waals surface area contributed by atoms with Crippen LogP contribution in [0.3, 0.4) is 0 Å². The van der Waals surface area contributed by atoms with Crippen molar-refractivity contribution in [2.75, 3.05) is 25.6 Å². The Kier molecular flexibility index (Phi) is 4.42. The second-order valence-electron chi connectivity index (χ2n) is 6.55. The van der Waals surface area contributed by atoms with Crippen molar-refractivity contribution in [3.05, 3.63) is 48.0 Å². The molecule has 25 heavy (non-hydrogen) atoms. The first-order valence-electron chi connectivity index (χ1n) is 8.66. The molecule has 2 atom stereocenters. The van der Waals surface area contributed by atoms with E-state index >= 15 is 0 Å². The Hall–Kier alpha value is -2.37. The highest BCUT2D eigenvalue weighted by atomic mass is 16.5. The van der Waals surface area contributed by atoms with Crippen LogP contribution in [-0.2, 0) is 16.0 Å². The lowest BCUT2D eigenvalue weighted by atomic mass is 10.0. The highest BCUT2D eigenvalue weighted by Crippen LogP contribution is 2.31. The Balaban J connectivity index is 1.49. The van der Waals surface area contributed by atoms with Gasteiger partial charge < -0.3 is 20.1 Å². The zero-order valence-corrected chi connectivity index (χ0v) is 14.2. The molecule has 130 valence electrons. The fourth-order valence-corrected chi connectivity index (χ4v) is 3.45. The van der Waals surface area contributed by atoms with Crippen molar-refractivity contribution >= 4 is 11.6 Å². The third-order valence-electron chi connectivity index (χ3n) is 4.89. The standard InChI is InChI=1S/C20H22N2O3/c1-24-17-11-18(21-12-17)20(23)22-16-4-2-3-13(10-16)14-5-6-19-15(9-14)7-8-25-19/h2-6,9-10,17-18,21H,7-8,11-12H2,1H3,(H,22,23)/t17-,18+/m1/s1. The number of carbonyl (C=O) groups excluding carboxylic acids is 1. The molecule has 0 aliphatic carbocycles. The van der Waals surface area contributed by atoms with Crippen LogP contribution in [0.25, 0.3) is 11.1 Å². The van der Waals surface area contributed by atoms with Gasteiger partial charge in [-0.2, -0.15) is 0 Å². The topological polar surface area (TPSA) is 59.6 Å². The largest absolute Gasteiger partial charge is 0.493 e. The number of amides is 1. The highest BCUT2D eigenvalue weighted by Gasteiger charge is 2.29. The zero-order chi connectivity index (χ0) is 17.2. The summed E-state index contributed by atoms with van der Waals surface area (Å²) in [5.74, 6) is 0.965. The summed E-state index contributed by atoms with van der Waals surface area (Å²) in [5, 5.41) is 6.21. The van der Waals surface area contributed by atoms with Gasteiger partial charge in [0.2, 0.25) is 5.91 Å². The lowest BCUT2D eigenvalue weighted by Crippen LogP contribution is -2.35. The molecule has 2 aliphatic rings. The molecule has 2 aromatic carbocycles. The Bertz CT molecular complexity index is 790. The number of methoxy groups -OCH3 is 1. The summed E-state index contributed by atoms with van der Waals surface area (Å²) in [6.07, 6.45) is 1.76. The normalized spacial score (nSPS) is 21.6. The SMILES string of the molecule is CO[C@H]1CN[C@H](C(=O)Nc2cccc(-c3ccc4c(c3)CCO4)c2)C1. The van der Waals surface area contributed by atoms with Gasteiger partial charge in [-0.3, -0.25) is 4.79 Å². The number of nitrogens with one attached hydrogen (secondary N) is 2. The minimum atomic E-state index is -0.203. The van der Waals surface area contributed by atoms with Crippen LogP contribution < -0.4 is 15.4 Å². The second kappa shape index (κ2) is 6.86. The summed E-state index contributed by atoms with van der Waals surface area (Å²) in [6, 6.07) is 14.0. The number of anilines is 1. The van der Waals surface area contributed by atoms with Gasteiger partial charge >= 0.3 is 0 Å². The van der Waals surface area contributed by atoms with E-state index in [4.69, 9.17) is 9.47 Å². The van der Waals surface area contributed by atoms with Gasteiger partial charge in [-0.25, -0.2) is 0 Å². The summed E-state index contributed by atoms with van der Waals surface area (Å²) >= 11 is 0. The molecule has 1 saturated heterocycles. The fourth-order valence-electron chi connectivity index (χ4n) is 3.45. The predicted molar refractivity (Wildman–Crippen MR) is 96.9 cm³/mol. The maximum atomic E-state index is 12.4. The van der Waals surface area contributed by atoms with Crippen molar-refractivity contribution in [2.24, 2.45) is 0 Å². The van der Waals surface area contributed by atoms with Gasteiger partial charge in [-0.1, -0.05) is 18.2 Å². The first-order valence-corrected chi connectivity index (χ1v) is 8.66. The van der Waals surface area contributed by atoms with Crippen LogP contribution in [-0.4, -0.2) is 38.3 Å². The molecular formula is C20H22N2O3. The van der Waals surface area contributed by atoms with Gasteiger partial charge in [0.1, 0.15) is 5.75 Å². The molecule has 0 unspecified atom stereocenters. The monoisotopic (exact) mass is 338 g/mol. The van der Waals surface area contributed by atoms with Gasteiger partial charge in [0.05, 0.1) is 18.8 Å². The fraction of sp³-hybridized carbons (Fsp3) is 0.350. The molecule has 5 heteroatoms. The maximum Gasteiger partial charge on any atom is 0.241 e. The average Bonchev–Trinajstić information content (AvgIpc) is 3.30. The number of fused-ring (bicyclic) bond motifs is 1. The molecule has 4 rings (SSSR count). The molecule has 0 saturated carbocycles. The smallest absolute Gasteiger partial charge is 0.241 e. The lowest BCUT2D eigenvalue weighted by molar-refractivity contribution is -0.118.